The monoisotopic (exact) mass is 349 g/mol. The van der Waals surface area contributed by atoms with Crippen LogP contribution in [0, 0.1) is 11.8 Å². The molecule has 1 aromatic heterocycles. The molecule has 1 aliphatic carbocycles. The number of benzene rings is 1. The van der Waals surface area contributed by atoms with E-state index in [2.05, 4.69) is 40.2 Å². The Labute approximate surface area is 155 Å². The first-order valence-electron chi connectivity index (χ1n) is 9.66. The summed E-state index contributed by atoms with van der Waals surface area (Å²) in [6, 6.07) is 12.6. The zero-order valence-electron chi connectivity index (χ0n) is 15.5. The minimum atomic E-state index is 0.0467. The van der Waals surface area contributed by atoms with Crippen molar-refractivity contribution in [2.75, 3.05) is 33.2 Å². The molecule has 0 bridgehead atoms. The lowest BCUT2D eigenvalue weighted by molar-refractivity contribution is -0.133. The fraction of sp³-hybridized carbons (Fsp3) is 0.455. The SMILES string of the molecule is CN1CCN(CC2CC2)C[C@H](Cc2cccc(-c3cccnc3)c2)C1=O. The summed E-state index contributed by atoms with van der Waals surface area (Å²) in [5, 5.41) is 0. The number of nitrogens with zero attached hydrogens (tertiary/aromatic N) is 3. The second-order valence-corrected chi connectivity index (χ2v) is 7.81. The van der Waals surface area contributed by atoms with Crippen molar-refractivity contribution in [1.82, 2.24) is 14.8 Å². The van der Waals surface area contributed by atoms with Crippen LogP contribution < -0.4 is 0 Å². The van der Waals surface area contributed by atoms with Gasteiger partial charge in [0, 0.05) is 45.6 Å². The normalized spacial score (nSPS) is 21.7. The number of hydrogen-bond acceptors (Lipinski definition) is 3. The lowest BCUT2D eigenvalue weighted by Gasteiger charge is -2.23. The van der Waals surface area contributed by atoms with E-state index in [4.69, 9.17) is 0 Å². The molecule has 1 amide bonds. The van der Waals surface area contributed by atoms with E-state index in [-0.39, 0.29) is 11.8 Å². The fourth-order valence-electron chi connectivity index (χ4n) is 3.87. The number of aromatic nitrogens is 1. The number of hydrogen-bond donors (Lipinski definition) is 0. The average Bonchev–Trinajstić information content (AvgIpc) is 3.50. The van der Waals surface area contributed by atoms with E-state index in [1.807, 2.05) is 24.2 Å². The summed E-state index contributed by atoms with van der Waals surface area (Å²) in [7, 11) is 1.95. The molecule has 1 saturated heterocycles. The zero-order chi connectivity index (χ0) is 17.9. The molecule has 4 nitrogen and oxygen atoms in total. The van der Waals surface area contributed by atoms with Crippen LogP contribution in [0.1, 0.15) is 18.4 Å². The van der Waals surface area contributed by atoms with E-state index < -0.39 is 0 Å². The van der Waals surface area contributed by atoms with Gasteiger partial charge in [-0.15, -0.1) is 0 Å². The molecule has 1 aromatic carbocycles. The minimum absolute atomic E-state index is 0.0467. The molecule has 2 aromatic rings. The van der Waals surface area contributed by atoms with Crippen LogP contribution in [0.5, 0.6) is 0 Å². The standard InChI is InChI=1S/C22H27N3O/c1-24-10-11-25(15-17-7-8-17)16-21(22(24)26)13-18-4-2-5-19(12-18)20-6-3-9-23-14-20/h2-6,9,12,14,17,21H,7-8,10-11,13,15-16H2,1H3/t21-/m0/s1. The highest BCUT2D eigenvalue weighted by atomic mass is 16.2. The summed E-state index contributed by atoms with van der Waals surface area (Å²) in [4.78, 5) is 21.5. The zero-order valence-corrected chi connectivity index (χ0v) is 15.5. The van der Waals surface area contributed by atoms with E-state index >= 15 is 0 Å². The Balaban J connectivity index is 1.51. The van der Waals surface area contributed by atoms with Crippen LogP contribution in [0.3, 0.4) is 0 Å². The van der Waals surface area contributed by atoms with Gasteiger partial charge in [-0.1, -0.05) is 30.3 Å². The largest absolute Gasteiger partial charge is 0.344 e. The summed E-state index contributed by atoms with van der Waals surface area (Å²) in [6.45, 7) is 3.90. The van der Waals surface area contributed by atoms with Gasteiger partial charge >= 0.3 is 0 Å². The first-order chi connectivity index (χ1) is 12.7. The maximum absolute atomic E-state index is 12.8. The van der Waals surface area contributed by atoms with Crippen LogP contribution in [0.4, 0.5) is 0 Å². The van der Waals surface area contributed by atoms with Crippen molar-refractivity contribution in [2.45, 2.75) is 19.3 Å². The summed E-state index contributed by atoms with van der Waals surface area (Å²) in [6.07, 6.45) is 7.21. The molecular formula is C22H27N3O. The van der Waals surface area contributed by atoms with E-state index in [9.17, 15) is 4.79 Å². The van der Waals surface area contributed by atoms with Gasteiger partial charge in [0.2, 0.25) is 5.91 Å². The molecule has 136 valence electrons. The van der Waals surface area contributed by atoms with Gasteiger partial charge in [-0.25, -0.2) is 0 Å². The Morgan fingerprint density at radius 2 is 1.96 bits per heavy atom. The molecule has 0 N–H and O–H groups in total. The van der Waals surface area contributed by atoms with E-state index in [0.29, 0.717) is 0 Å². The Bertz CT molecular complexity index is 757. The van der Waals surface area contributed by atoms with Crippen molar-refractivity contribution >= 4 is 5.91 Å². The molecule has 4 rings (SSSR count). The topological polar surface area (TPSA) is 36.4 Å². The van der Waals surface area contributed by atoms with Crippen molar-refractivity contribution in [1.29, 1.82) is 0 Å². The third-order valence-corrected chi connectivity index (χ3v) is 5.57. The summed E-state index contributed by atoms with van der Waals surface area (Å²) >= 11 is 0. The first kappa shape index (κ1) is 17.2. The maximum atomic E-state index is 12.8. The van der Waals surface area contributed by atoms with Gasteiger partial charge in [0.1, 0.15) is 0 Å². The van der Waals surface area contributed by atoms with Crippen molar-refractivity contribution in [3.05, 3.63) is 54.4 Å². The van der Waals surface area contributed by atoms with Crippen LogP contribution in [-0.2, 0) is 11.2 Å². The quantitative estimate of drug-likeness (QED) is 0.832. The van der Waals surface area contributed by atoms with Gasteiger partial charge in [-0.05, 0) is 47.9 Å². The van der Waals surface area contributed by atoms with Gasteiger partial charge < -0.3 is 9.80 Å². The summed E-state index contributed by atoms with van der Waals surface area (Å²) in [5.41, 5.74) is 3.51. The van der Waals surface area contributed by atoms with Crippen molar-refractivity contribution in [3.8, 4) is 11.1 Å². The number of rotatable bonds is 5. The summed E-state index contributed by atoms with van der Waals surface area (Å²) < 4.78 is 0. The molecule has 1 aliphatic heterocycles. The molecule has 0 spiro atoms. The van der Waals surface area contributed by atoms with Gasteiger partial charge in [0.15, 0.2) is 0 Å². The number of carbonyl (C=O) groups excluding carboxylic acids is 1. The molecule has 4 heteroatoms. The first-order valence-corrected chi connectivity index (χ1v) is 9.66. The lowest BCUT2D eigenvalue weighted by Crippen LogP contribution is -2.35. The van der Waals surface area contributed by atoms with Crippen molar-refractivity contribution < 1.29 is 4.79 Å². The predicted octanol–water partition coefficient (Wildman–Crippen LogP) is 3.09. The summed E-state index contributed by atoms with van der Waals surface area (Å²) in [5.74, 6) is 1.20. The highest BCUT2D eigenvalue weighted by molar-refractivity contribution is 5.79. The number of likely N-dealkylation sites (N-methyl/N-ethyl adjacent to an activating group) is 1. The lowest BCUT2D eigenvalue weighted by atomic mass is 9.95. The van der Waals surface area contributed by atoms with Gasteiger partial charge in [0.05, 0.1) is 5.92 Å². The molecule has 1 atom stereocenters. The second kappa shape index (κ2) is 7.58. The molecule has 1 saturated carbocycles. The van der Waals surface area contributed by atoms with Crippen LogP contribution in [0.25, 0.3) is 11.1 Å². The van der Waals surface area contributed by atoms with E-state index in [1.54, 1.807) is 6.20 Å². The molecule has 2 heterocycles. The Morgan fingerprint density at radius 1 is 1.12 bits per heavy atom. The number of amides is 1. The van der Waals surface area contributed by atoms with Crippen molar-refractivity contribution in [3.63, 3.8) is 0 Å². The number of pyridine rings is 1. The Hall–Kier alpha value is -2.20. The highest BCUT2D eigenvalue weighted by Crippen LogP contribution is 2.30. The van der Waals surface area contributed by atoms with Gasteiger partial charge in [-0.2, -0.15) is 0 Å². The molecule has 26 heavy (non-hydrogen) atoms. The van der Waals surface area contributed by atoms with Gasteiger partial charge in [-0.3, -0.25) is 9.78 Å². The molecule has 2 aliphatic rings. The molecular weight excluding hydrogens is 322 g/mol. The molecule has 0 radical (unpaired) electrons. The Morgan fingerprint density at radius 3 is 2.73 bits per heavy atom. The molecule has 2 fully saturated rings. The predicted molar refractivity (Wildman–Crippen MR) is 104 cm³/mol. The van der Waals surface area contributed by atoms with Crippen LogP contribution >= 0.6 is 0 Å². The van der Waals surface area contributed by atoms with Crippen LogP contribution in [0.15, 0.2) is 48.8 Å². The van der Waals surface area contributed by atoms with Crippen LogP contribution in [0.2, 0.25) is 0 Å². The van der Waals surface area contributed by atoms with Crippen LogP contribution in [-0.4, -0.2) is 53.9 Å². The third kappa shape index (κ3) is 4.13. The number of carbonyl (C=O) groups is 1. The molecule has 0 unspecified atom stereocenters. The smallest absolute Gasteiger partial charge is 0.227 e. The third-order valence-electron chi connectivity index (χ3n) is 5.57. The minimum Gasteiger partial charge on any atom is -0.344 e. The maximum Gasteiger partial charge on any atom is 0.227 e. The Kier molecular flexibility index (Phi) is 5.02. The van der Waals surface area contributed by atoms with E-state index in [1.165, 1.54) is 24.0 Å². The van der Waals surface area contributed by atoms with Crippen molar-refractivity contribution in [2.24, 2.45) is 11.8 Å². The fourth-order valence-corrected chi connectivity index (χ4v) is 3.87. The second-order valence-electron chi connectivity index (χ2n) is 7.81. The van der Waals surface area contributed by atoms with E-state index in [0.717, 1.165) is 44.1 Å². The average molecular weight is 349 g/mol. The highest BCUT2D eigenvalue weighted by Gasteiger charge is 2.31. The van der Waals surface area contributed by atoms with Gasteiger partial charge in [0.25, 0.3) is 0 Å².